The van der Waals surface area contributed by atoms with Gasteiger partial charge in [-0.25, -0.2) is 4.98 Å². The Labute approximate surface area is 179 Å². The number of aryl methyl sites for hydroxylation is 1. The first kappa shape index (κ1) is 20.9. The van der Waals surface area contributed by atoms with E-state index in [9.17, 15) is 4.79 Å². The van der Waals surface area contributed by atoms with Crippen molar-refractivity contribution in [2.24, 2.45) is 0 Å². The highest BCUT2D eigenvalue weighted by Gasteiger charge is 2.15. The third-order valence-electron chi connectivity index (χ3n) is 4.65. The van der Waals surface area contributed by atoms with Crippen molar-refractivity contribution in [2.45, 2.75) is 20.0 Å². The minimum atomic E-state index is 0.398. The molecule has 0 aliphatic heterocycles. The van der Waals surface area contributed by atoms with Gasteiger partial charge in [-0.15, -0.1) is 0 Å². The molecule has 5 nitrogen and oxygen atoms in total. The van der Waals surface area contributed by atoms with E-state index >= 15 is 0 Å². The summed E-state index contributed by atoms with van der Waals surface area (Å²) in [6.07, 6.45) is 0.777. The lowest BCUT2D eigenvalue weighted by Crippen LogP contribution is -2.23. The number of halogens is 1. The quantitative estimate of drug-likeness (QED) is 0.438. The van der Waals surface area contributed by atoms with Crippen LogP contribution in [0.15, 0.2) is 59.1 Å². The highest BCUT2D eigenvalue weighted by Crippen LogP contribution is 2.26. The van der Waals surface area contributed by atoms with E-state index < -0.39 is 0 Å². The number of benzene rings is 2. The Kier molecular flexibility index (Phi) is 6.88. The lowest BCUT2D eigenvalue weighted by Gasteiger charge is -2.25. The molecule has 0 unspecified atom stereocenters. The van der Waals surface area contributed by atoms with Crippen LogP contribution in [0, 0.1) is 6.92 Å². The number of hydrogen-bond acceptors (Lipinski definition) is 5. The van der Waals surface area contributed by atoms with Gasteiger partial charge in [0.05, 0.1) is 14.2 Å². The van der Waals surface area contributed by atoms with E-state index in [1.807, 2.05) is 61.5 Å². The highest BCUT2D eigenvalue weighted by atomic mass is 79.9. The average Bonchev–Trinajstić information content (AvgIpc) is 2.76. The summed E-state index contributed by atoms with van der Waals surface area (Å²) in [6, 6.07) is 17.9. The van der Waals surface area contributed by atoms with E-state index in [0.29, 0.717) is 18.8 Å². The van der Waals surface area contributed by atoms with Crippen molar-refractivity contribution < 1.29 is 14.3 Å². The summed E-state index contributed by atoms with van der Waals surface area (Å²) in [6.45, 7) is 3.24. The van der Waals surface area contributed by atoms with E-state index in [2.05, 4.69) is 25.8 Å². The Bertz CT molecular complexity index is 923. The Morgan fingerprint density at radius 1 is 0.931 bits per heavy atom. The standard InChI is InChI=1S/C23H23BrN2O3/c1-16-12-22(25-21(15-27)23(16)24)26(13-17-4-8-19(28-2)9-5-17)14-18-6-10-20(29-3)11-7-18/h4-12,15H,13-14H2,1-3H3. The molecule has 150 valence electrons. The minimum absolute atomic E-state index is 0.398. The fraction of sp³-hybridized carbons (Fsp3) is 0.217. The first-order valence-corrected chi connectivity index (χ1v) is 9.96. The van der Waals surface area contributed by atoms with Crippen LogP contribution >= 0.6 is 15.9 Å². The predicted molar refractivity (Wildman–Crippen MR) is 118 cm³/mol. The Morgan fingerprint density at radius 3 is 1.83 bits per heavy atom. The molecule has 3 aromatic rings. The summed E-state index contributed by atoms with van der Waals surface area (Å²) in [5.41, 5.74) is 3.60. The number of hydrogen-bond donors (Lipinski definition) is 0. The van der Waals surface area contributed by atoms with E-state index in [0.717, 1.165) is 44.8 Å². The van der Waals surface area contributed by atoms with E-state index in [-0.39, 0.29) is 0 Å². The third kappa shape index (κ3) is 5.15. The summed E-state index contributed by atoms with van der Waals surface area (Å²) in [4.78, 5) is 18.2. The van der Waals surface area contributed by atoms with Crippen LogP contribution in [0.5, 0.6) is 11.5 Å². The van der Waals surface area contributed by atoms with Gasteiger partial charge >= 0.3 is 0 Å². The fourth-order valence-electron chi connectivity index (χ4n) is 3.02. The van der Waals surface area contributed by atoms with Crippen molar-refractivity contribution in [3.63, 3.8) is 0 Å². The molecule has 0 saturated heterocycles. The van der Waals surface area contributed by atoms with Crippen molar-refractivity contribution >= 4 is 28.0 Å². The Morgan fingerprint density at radius 2 is 1.41 bits per heavy atom. The maximum atomic E-state index is 11.5. The van der Waals surface area contributed by atoms with Crippen LogP contribution in [0.2, 0.25) is 0 Å². The van der Waals surface area contributed by atoms with Gasteiger partial charge in [-0.1, -0.05) is 24.3 Å². The van der Waals surface area contributed by atoms with Gasteiger partial charge in [0.25, 0.3) is 0 Å². The summed E-state index contributed by atoms with van der Waals surface area (Å²) < 4.78 is 11.2. The zero-order chi connectivity index (χ0) is 20.8. The SMILES string of the molecule is COc1ccc(CN(Cc2ccc(OC)cc2)c2cc(C)c(Br)c(C=O)n2)cc1. The number of carbonyl (C=O) groups excluding carboxylic acids is 1. The second-order valence-corrected chi connectivity index (χ2v) is 7.46. The first-order chi connectivity index (χ1) is 14.0. The molecular formula is C23H23BrN2O3. The number of rotatable bonds is 8. The second-order valence-electron chi connectivity index (χ2n) is 6.67. The third-order valence-corrected chi connectivity index (χ3v) is 5.68. The molecule has 2 aromatic carbocycles. The first-order valence-electron chi connectivity index (χ1n) is 9.17. The lowest BCUT2D eigenvalue weighted by molar-refractivity contribution is 0.111. The highest BCUT2D eigenvalue weighted by molar-refractivity contribution is 9.10. The number of carbonyl (C=O) groups is 1. The molecule has 0 radical (unpaired) electrons. The van der Waals surface area contributed by atoms with E-state index in [4.69, 9.17) is 9.47 Å². The number of nitrogens with zero attached hydrogens (tertiary/aromatic N) is 2. The molecule has 0 fully saturated rings. The molecule has 1 heterocycles. The van der Waals surface area contributed by atoms with Gasteiger partial charge in [-0.2, -0.15) is 0 Å². The molecular weight excluding hydrogens is 432 g/mol. The Hall–Kier alpha value is -2.86. The normalized spacial score (nSPS) is 10.5. The number of methoxy groups -OCH3 is 2. The van der Waals surface area contributed by atoms with Crippen molar-refractivity contribution in [3.8, 4) is 11.5 Å². The van der Waals surface area contributed by atoms with Crippen LogP contribution in [0.1, 0.15) is 27.2 Å². The smallest absolute Gasteiger partial charge is 0.169 e. The van der Waals surface area contributed by atoms with Crippen LogP contribution < -0.4 is 14.4 Å². The molecule has 0 aliphatic rings. The van der Waals surface area contributed by atoms with Gasteiger partial charge in [-0.05, 0) is 69.9 Å². The van der Waals surface area contributed by atoms with Crippen molar-refractivity contribution in [1.82, 2.24) is 4.98 Å². The number of ether oxygens (including phenoxy) is 2. The van der Waals surface area contributed by atoms with Gasteiger partial charge in [-0.3, -0.25) is 4.79 Å². The molecule has 0 spiro atoms. The van der Waals surface area contributed by atoms with Crippen LogP contribution in [0.3, 0.4) is 0 Å². The van der Waals surface area contributed by atoms with Gasteiger partial charge in [0.15, 0.2) is 6.29 Å². The van der Waals surface area contributed by atoms with Crippen LogP contribution in [0.4, 0.5) is 5.82 Å². The molecule has 0 saturated carbocycles. The van der Waals surface area contributed by atoms with Gasteiger partial charge in [0.2, 0.25) is 0 Å². The van der Waals surface area contributed by atoms with Crippen LogP contribution in [0.25, 0.3) is 0 Å². The maximum absolute atomic E-state index is 11.5. The summed E-state index contributed by atoms with van der Waals surface area (Å²) in [7, 11) is 3.31. The maximum Gasteiger partial charge on any atom is 0.169 e. The van der Waals surface area contributed by atoms with E-state index in [1.54, 1.807) is 14.2 Å². The summed E-state index contributed by atoms with van der Waals surface area (Å²) in [5, 5.41) is 0. The van der Waals surface area contributed by atoms with Gasteiger partial charge in [0.1, 0.15) is 23.0 Å². The summed E-state index contributed by atoms with van der Waals surface area (Å²) >= 11 is 3.45. The fourth-order valence-corrected chi connectivity index (χ4v) is 3.32. The number of aromatic nitrogens is 1. The van der Waals surface area contributed by atoms with Gasteiger partial charge < -0.3 is 14.4 Å². The molecule has 0 atom stereocenters. The number of anilines is 1. The van der Waals surface area contributed by atoms with Crippen molar-refractivity contribution in [3.05, 3.63) is 81.5 Å². The molecule has 6 heteroatoms. The zero-order valence-electron chi connectivity index (χ0n) is 16.7. The predicted octanol–water partition coefficient (Wildman–Crippen LogP) is 5.19. The molecule has 29 heavy (non-hydrogen) atoms. The molecule has 3 rings (SSSR count). The molecule has 0 N–H and O–H groups in total. The lowest BCUT2D eigenvalue weighted by atomic mass is 10.1. The minimum Gasteiger partial charge on any atom is -0.497 e. The van der Waals surface area contributed by atoms with E-state index in [1.165, 1.54) is 0 Å². The van der Waals surface area contributed by atoms with Gasteiger partial charge in [0, 0.05) is 17.6 Å². The second kappa shape index (κ2) is 9.56. The zero-order valence-corrected chi connectivity index (χ0v) is 18.3. The monoisotopic (exact) mass is 454 g/mol. The summed E-state index contributed by atoms with van der Waals surface area (Å²) in [5.74, 6) is 2.38. The van der Waals surface area contributed by atoms with Crippen LogP contribution in [-0.4, -0.2) is 25.5 Å². The Balaban J connectivity index is 1.95. The topological polar surface area (TPSA) is 51.7 Å². The largest absolute Gasteiger partial charge is 0.497 e. The number of pyridine rings is 1. The van der Waals surface area contributed by atoms with Crippen LogP contribution in [-0.2, 0) is 13.1 Å². The van der Waals surface area contributed by atoms with Crippen molar-refractivity contribution in [2.75, 3.05) is 19.1 Å². The molecule has 0 aliphatic carbocycles. The molecule has 0 bridgehead atoms. The molecule has 1 aromatic heterocycles. The average molecular weight is 455 g/mol. The van der Waals surface area contributed by atoms with Crippen molar-refractivity contribution in [1.29, 1.82) is 0 Å². The molecule has 0 amide bonds. The number of aldehydes is 1.